The number of rotatable bonds is 3. The van der Waals surface area contributed by atoms with Gasteiger partial charge in [0.15, 0.2) is 0 Å². The van der Waals surface area contributed by atoms with Crippen molar-refractivity contribution in [3.8, 4) is 0 Å². The average Bonchev–Trinajstić information content (AvgIpc) is 2.73. The van der Waals surface area contributed by atoms with Crippen LogP contribution in [-0.4, -0.2) is 19.0 Å². The van der Waals surface area contributed by atoms with Gasteiger partial charge in [0.2, 0.25) is 5.91 Å². The van der Waals surface area contributed by atoms with Crippen LogP contribution in [0.4, 0.5) is 0 Å². The van der Waals surface area contributed by atoms with Crippen LogP contribution in [0.1, 0.15) is 29.2 Å². The monoisotopic (exact) mass is 260 g/mol. The van der Waals surface area contributed by atoms with Crippen molar-refractivity contribution in [3.05, 3.63) is 21.9 Å². The third-order valence-electron chi connectivity index (χ3n) is 2.81. The first kappa shape index (κ1) is 13.5. The molecule has 0 aliphatic heterocycles. The van der Waals surface area contributed by atoms with Gasteiger partial charge in [0.25, 0.3) is 0 Å². The third-order valence-corrected chi connectivity index (χ3v) is 3.81. The molecule has 1 aliphatic rings. The maximum absolute atomic E-state index is 11.9. The summed E-state index contributed by atoms with van der Waals surface area (Å²) >= 11 is 1.77. The minimum atomic E-state index is 0. The molecular formula is C11H17ClN2OS. The Hall–Kier alpha value is -0.580. The van der Waals surface area contributed by atoms with Crippen molar-refractivity contribution in [1.82, 2.24) is 5.32 Å². The van der Waals surface area contributed by atoms with E-state index >= 15 is 0 Å². The van der Waals surface area contributed by atoms with Crippen LogP contribution in [0, 0.1) is 0 Å². The molecule has 2 rings (SSSR count). The van der Waals surface area contributed by atoms with Gasteiger partial charge in [0.05, 0.1) is 5.92 Å². The predicted octanol–water partition coefficient (Wildman–Crippen LogP) is 1.66. The summed E-state index contributed by atoms with van der Waals surface area (Å²) in [5, 5.41) is 4.96. The highest BCUT2D eigenvalue weighted by Crippen LogP contribution is 2.34. The molecule has 1 aromatic heterocycles. The molecule has 90 valence electrons. The number of aryl methyl sites for hydroxylation is 1. The molecule has 1 atom stereocenters. The van der Waals surface area contributed by atoms with E-state index in [1.54, 1.807) is 11.3 Å². The van der Waals surface area contributed by atoms with Gasteiger partial charge in [-0.05, 0) is 36.3 Å². The van der Waals surface area contributed by atoms with E-state index in [2.05, 4.69) is 16.8 Å². The Morgan fingerprint density at radius 1 is 1.62 bits per heavy atom. The maximum Gasteiger partial charge on any atom is 0.227 e. The molecular weight excluding hydrogens is 244 g/mol. The van der Waals surface area contributed by atoms with E-state index in [0.29, 0.717) is 13.1 Å². The van der Waals surface area contributed by atoms with Crippen LogP contribution in [0.15, 0.2) is 11.4 Å². The van der Waals surface area contributed by atoms with Crippen molar-refractivity contribution < 1.29 is 4.79 Å². The predicted molar refractivity (Wildman–Crippen MR) is 69.3 cm³/mol. The minimum Gasteiger partial charge on any atom is -0.354 e. The van der Waals surface area contributed by atoms with Crippen LogP contribution in [0.5, 0.6) is 0 Å². The molecule has 5 heteroatoms. The number of halogens is 1. The summed E-state index contributed by atoms with van der Waals surface area (Å²) in [6, 6.07) is 2.09. The molecule has 0 saturated heterocycles. The number of amides is 1. The van der Waals surface area contributed by atoms with Gasteiger partial charge in [-0.1, -0.05) is 0 Å². The second-order valence-corrected chi connectivity index (χ2v) is 4.82. The Labute approximate surface area is 106 Å². The van der Waals surface area contributed by atoms with E-state index in [0.717, 1.165) is 19.3 Å². The van der Waals surface area contributed by atoms with Gasteiger partial charge in [0.1, 0.15) is 0 Å². The number of thiophene rings is 1. The van der Waals surface area contributed by atoms with Crippen molar-refractivity contribution in [2.45, 2.75) is 25.2 Å². The third kappa shape index (κ3) is 2.75. The molecule has 3 nitrogen and oxygen atoms in total. The summed E-state index contributed by atoms with van der Waals surface area (Å²) in [5.74, 6) is 0.200. The fourth-order valence-electron chi connectivity index (χ4n) is 2.08. The standard InChI is InChI=1S/C11H16N2OS.ClH/c12-5-6-13-11(14)9-2-1-3-10-8(9)4-7-15-10;/h4,7,9H,1-3,5-6,12H2,(H,13,14);1H. The number of nitrogens with one attached hydrogen (secondary N) is 1. The van der Waals surface area contributed by atoms with Gasteiger partial charge in [-0.3, -0.25) is 4.79 Å². The molecule has 0 spiro atoms. The van der Waals surface area contributed by atoms with E-state index in [9.17, 15) is 4.79 Å². The summed E-state index contributed by atoms with van der Waals surface area (Å²) in [7, 11) is 0. The fraction of sp³-hybridized carbons (Fsp3) is 0.545. The number of hydrogen-bond acceptors (Lipinski definition) is 3. The van der Waals surface area contributed by atoms with Crippen molar-refractivity contribution in [1.29, 1.82) is 0 Å². The average molecular weight is 261 g/mol. The fourth-order valence-corrected chi connectivity index (χ4v) is 3.06. The first-order chi connectivity index (χ1) is 7.33. The molecule has 3 N–H and O–H groups in total. The molecule has 1 amide bonds. The summed E-state index contributed by atoms with van der Waals surface area (Å²) in [6.45, 7) is 1.09. The topological polar surface area (TPSA) is 55.1 Å². The highest BCUT2D eigenvalue weighted by atomic mass is 35.5. The molecule has 1 aliphatic carbocycles. The second kappa shape index (κ2) is 6.23. The molecule has 0 fully saturated rings. The zero-order valence-corrected chi connectivity index (χ0v) is 10.7. The van der Waals surface area contributed by atoms with E-state index in [1.807, 2.05) is 0 Å². The minimum absolute atomic E-state index is 0. The summed E-state index contributed by atoms with van der Waals surface area (Å²) in [6.07, 6.45) is 3.22. The number of hydrogen-bond donors (Lipinski definition) is 2. The van der Waals surface area contributed by atoms with Gasteiger partial charge >= 0.3 is 0 Å². The Kier molecular flexibility index (Phi) is 5.25. The van der Waals surface area contributed by atoms with E-state index in [-0.39, 0.29) is 24.2 Å². The number of carbonyl (C=O) groups excluding carboxylic acids is 1. The van der Waals surface area contributed by atoms with Crippen LogP contribution < -0.4 is 11.1 Å². The zero-order valence-electron chi connectivity index (χ0n) is 9.07. The maximum atomic E-state index is 11.9. The van der Waals surface area contributed by atoms with Gasteiger partial charge in [-0.15, -0.1) is 23.7 Å². The van der Waals surface area contributed by atoms with Crippen LogP contribution >= 0.6 is 23.7 Å². The summed E-state index contributed by atoms with van der Waals surface area (Å²) in [5.41, 5.74) is 6.61. The van der Waals surface area contributed by atoms with Crippen molar-refractivity contribution in [2.75, 3.05) is 13.1 Å². The quantitative estimate of drug-likeness (QED) is 0.869. The summed E-state index contributed by atoms with van der Waals surface area (Å²) in [4.78, 5) is 13.2. The first-order valence-corrected chi connectivity index (χ1v) is 6.25. The SMILES string of the molecule is Cl.NCCNC(=O)C1CCCc2sccc21. The number of carbonyl (C=O) groups is 1. The lowest BCUT2D eigenvalue weighted by Crippen LogP contribution is -2.34. The smallest absolute Gasteiger partial charge is 0.227 e. The molecule has 0 aromatic carbocycles. The largest absolute Gasteiger partial charge is 0.354 e. The molecule has 1 heterocycles. The van der Waals surface area contributed by atoms with E-state index in [1.165, 1.54) is 10.4 Å². The molecule has 0 saturated carbocycles. The number of fused-ring (bicyclic) bond motifs is 1. The first-order valence-electron chi connectivity index (χ1n) is 5.37. The highest BCUT2D eigenvalue weighted by Gasteiger charge is 2.26. The summed E-state index contributed by atoms with van der Waals surface area (Å²) < 4.78 is 0. The van der Waals surface area contributed by atoms with Crippen molar-refractivity contribution >= 4 is 29.7 Å². The Morgan fingerprint density at radius 2 is 2.44 bits per heavy atom. The van der Waals surface area contributed by atoms with Crippen molar-refractivity contribution in [3.63, 3.8) is 0 Å². The molecule has 1 aromatic rings. The van der Waals surface area contributed by atoms with Crippen molar-refractivity contribution in [2.24, 2.45) is 5.73 Å². The lowest BCUT2D eigenvalue weighted by Gasteiger charge is -2.21. The molecule has 0 bridgehead atoms. The molecule has 16 heavy (non-hydrogen) atoms. The Balaban J connectivity index is 0.00000128. The van der Waals surface area contributed by atoms with Gasteiger partial charge in [-0.25, -0.2) is 0 Å². The van der Waals surface area contributed by atoms with Gasteiger partial charge in [-0.2, -0.15) is 0 Å². The lowest BCUT2D eigenvalue weighted by atomic mass is 9.87. The number of nitrogens with two attached hydrogens (primary N) is 1. The van der Waals surface area contributed by atoms with Crippen LogP contribution in [0.3, 0.4) is 0 Å². The highest BCUT2D eigenvalue weighted by molar-refractivity contribution is 7.10. The normalized spacial score (nSPS) is 18.4. The lowest BCUT2D eigenvalue weighted by molar-refractivity contribution is -0.122. The van der Waals surface area contributed by atoms with E-state index < -0.39 is 0 Å². The van der Waals surface area contributed by atoms with E-state index in [4.69, 9.17) is 5.73 Å². The van der Waals surface area contributed by atoms with Gasteiger partial charge in [0, 0.05) is 18.0 Å². The van der Waals surface area contributed by atoms with Crippen LogP contribution in [0.2, 0.25) is 0 Å². The zero-order chi connectivity index (χ0) is 10.7. The molecule has 1 unspecified atom stereocenters. The van der Waals surface area contributed by atoms with Crippen LogP contribution in [-0.2, 0) is 11.2 Å². The van der Waals surface area contributed by atoms with Crippen LogP contribution in [0.25, 0.3) is 0 Å². The Bertz CT molecular complexity index is 354. The second-order valence-electron chi connectivity index (χ2n) is 3.82. The molecule has 0 radical (unpaired) electrons. The Morgan fingerprint density at radius 3 is 3.19 bits per heavy atom. The van der Waals surface area contributed by atoms with Gasteiger partial charge < -0.3 is 11.1 Å².